The fourth-order valence-electron chi connectivity index (χ4n) is 1.81. The molecule has 3 aromatic rings. The van der Waals surface area contributed by atoms with Crippen LogP contribution in [-0.2, 0) is 0 Å². The quantitative estimate of drug-likeness (QED) is 0.709. The van der Waals surface area contributed by atoms with E-state index in [1.165, 1.54) is 23.5 Å². The molecule has 7 heteroatoms. The molecule has 0 saturated heterocycles. The second-order valence-corrected chi connectivity index (χ2v) is 5.23. The summed E-state index contributed by atoms with van der Waals surface area (Å²) in [7, 11) is 0. The summed E-state index contributed by atoms with van der Waals surface area (Å²) >= 11 is 1.44. The van der Waals surface area contributed by atoms with Crippen LogP contribution in [0.25, 0.3) is 16.2 Å². The van der Waals surface area contributed by atoms with Gasteiger partial charge in [-0.25, -0.2) is 13.9 Å². The maximum absolute atomic E-state index is 12.9. The van der Waals surface area contributed by atoms with Crippen molar-refractivity contribution in [3.8, 4) is 11.3 Å². The lowest BCUT2D eigenvalue weighted by atomic mass is 10.2. The van der Waals surface area contributed by atoms with Crippen LogP contribution in [0.5, 0.6) is 0 Å². The Hall–Kier alpha value is -1.99. The molecule has 3 rings (SSSR count). The highest BCUT2D eigenvalue weighted by Gasteiger charge is 2.09. The number of hydrogen-bond acceptors (Lipinski definition) is 5. The first-order chi connectivity index (χ1) is 9.76. The van der Waals surface area contributed by atoms with Gasteiger partial charge in [0.1, 0.15) is 5.82 Å². The third kappa shape index (κ3) is 2.63. The zero-order valence-electron chi connectivity index (χ0n) is 10.6. The molecule has 0 bridgehead atoms. The Bertz CT molecular complexity index is 675. The number of benzene rings is 1. The summed E-state index contributed by atoms with van der Waals surface area (Å²) in [5, 5.41) is 17.0. The number of nitrogens with zero attached hydrogens (tertiary/aromatic N) is 3. The Morgan fingerprint density at radius 3 is 2.80 bits per heavy atom. The Kier molecular flexibility index (Phi) is 3.62. The number of imidazole rings is 1. The van der Waals surface area contributed by atoms with Crippen LogP contribution in [0.3, 0.4) is 0 Å². The molecule has 0 aliphatic heterocycles. The van der Waals surface area contributed by atoms with E-state index < -0.39 is 0 Å². The summed E-state index contributed by atoms with van der Waals surface area (Å²) in [4.78, 5) is 5.24. The van der Waals surface area contributed by atoms with E-state index in [1.54, 1.807) is 16.6 Å². The van der Waals surface area contributed by atoms with Gasteiger partial charge in [0.15, 0.2) is 0 Å². The number of aliphatic hydroxyl groups excluding tert-OH is 1. The number of aliphatic hydroxyl groups is 1. The highest BCUT2D eigenvalue weighted by molar-refractivity contribution is 7.20. The predicted molar refractivity (Wildman–Crippen MR) is 76.5 cm³/mol. The predicted octanol–water partition coefficient (Wildman–Crippen LogP) is 2.39. The van der Waals surface area contributed by atoms with Gasteiger partial charge in [-0.2, -0.15) is 0 Å². The number of aromatic nitrogens is 3. The molecule has 0 amide bonds. The van der Waals surface area contributed by atoms with Crippen LogP contribution in [0.1, 0.15) is 6.42 Å². The standard InChI is InChI=1S/C13H13FN4OS/c14-10-4-2-9(3-5-10)11-8-18-13(16-11)20-12(17-18)15-6-1-7-19/h2-5,8,19H,1,6-7H2,(H,15,17). The molecule has 5 nitrogen and oxygen atoms in total. The van der Waals surface area contributed by atoms with Gasteiger partial charge < -0.3 is 10.4 Å². The van der Waals surface area contributed by atoms with Crippen molar-refractivity contribution in [1.29, 1.82) is 0 Å². The zero-order valence-corrected chi connectivity index (χ0v) is 11.4. The van der Waals surface area contributed by atoms with E-state index in [2.05, 4.69) is 15.4 Å². The molecule has 0 fully saturated rings. The number of rotatable bonds is 5. The molecule has 0 aliphatic rings. The van der Waals surface area contributed by atoms with Crippen LogP contribution in [0.4, 0.5) is 9.52 Å². The lowest BCUT2D eigenvalue weighted by Crippen LogP contribution is -2.03. The van der Waals surface area contributed by atoms with Crippen LogP contribution in [0.2, 0.25) is 0 Å². The maximum atomic E-state index is 12.9. The van der Waals surface area contributed by atoms with E-state index in [1.807, 2.05) is 6.20 Å². The van der Waals surface area contributed by atoms with Crippen LogP contribution in [0.15, 0.2) is 30.5 Å². The first-order valence-electron chi connectivity index (χ1n) is 6.23. The SMILES string of the molecule is OCCCNc1nn2cc(-c3ccc(F)cc3)nc2s1. The average molecular weight is 292 g/mol. The lowest BCUT2D eigenvalue weighted by Gasteiger charge is -1.98. The second-order valence-electron chi connectivity index (χ2n) is 4.27. The van der Waals surface area contributed by atoms with Gasteiger partial charge in [-0.3, -0.25) is 0 Å². The third-order valence-corrected chi connectivity index (χ3v) is 3.67. The summed E-state index contributed by atoms with van der Waals surface area (Å²) < 4.78 is 14.6. The van der Waals surface area contributed by atoms with Crippen molar-refractivity contribution >= 4 is 21.4 Å². The Labute approximate surface area is 118 Å². The largest absolute Gasteiger partial charge is 0.396 e. The highest BCUT2D eigenvalue weighted by atomic mass is 32.1. The van der Waals surface area contributed by atoms with Crippen molar-refractivity contribution in [2.45, 2.75) is 6.42 Å². The molecule has 2 heterocycles. The Morgan fingerprint density at radius 1 is 1.30 bits per heavy atom. The molecule has 0 aliphatic carbocycles. The fraction of sp³-hybridized carbons (Fsp3) is 0.231. The van der Waals surface area contributed by atoms with Crippen molar-refractivity contribution in [3.63, 3.8) is 0 Å². The van der Waals surface area contributed by atoms with Crippen LogP contribution >= 0.6 is 11.3 Å². The van der Waals surface area contributed by atoms with Gasteiger partial charge in [-0.1, -0.05) is 11.3 Å². The number of hydrogen-bond donors (Lipinski definition) is 2. The normalized spacial score (nSPS) is 11.1. The number of anilines is 1. The first-order valence-corrected chi connectivity index (χ1v) is 7.05. The number of fused-ring (bicyclic) bond motifs is 1. The number of nitrogens with one attached hydrogen (secondary N) is 1. The molecule has 0 radical (unpaired) electrons. The summed E-state index contributed by atoms with van der Waals surface area (Å²) in [5.41, 5.74) is 1.63. The minimum atomic E-state index is -0.261. The molecule has 20 heavy (non-hydrogen) atoms. The summed E-state index contributed by atoms with van der Waals surface area (Å²) in [6, 6.07) is 6.22. The molecule has 0 atom stereocenters. The van der Waals surface area contributed by atoms with E-state index >= 15 is 0 Å². The second kappa shape index (κ2) is 5.56. The molecule has 0 saturated carbocycles. The minimum absolute atomic E-state index is 0.157. The van der Waals surface area contributed by atoms with Crippen LogP contribution < -0.4 is 5.32 Å². The van der Waals surface area contributed by atoms with Gasteiger partial charge >= 0.3 is 0 Å². The topological polar surface area (TPSA) is 62.5 Å². The van der Waals surface area contributed by atoms with E-state index in [0.717, 1.165) is 21.3 Å². The molecule has 104 valence electrons. The molecule has 2 aromatic heterocycles. The summed E-state index contributed by atoms with van der Waals surface area (Å²) in [6.07, 6.45) is 2.50. The summed E-state index contributed by atoms with van der Waals surface area (Å²) in [6.45, 7) is 0.836. The smallest absolute Gasteiger partial charge is 0.214 e. The third-order valence-electron chi connectivity index (χ3n) is 2.79. The summed E-state index contributed by atoms with van der Waals surface area (Å²) in [5.74, 6) is -0.261. The average Bonchev–Trinajstić information content (AvgIpc) is 2.98. The van der Waals surface area contributed by atoms with Crippen LogP contribution in [0, 0.1) is 5.82 Å². The molecule has 0 unspecified atom stereocenters. The van der Waals surface area contributed by atoms with Crippen molar-refractivity contribution in [1.82, 2.24) is 14.6 Å². The van der Waals surface area contributed by atoms with Gasteiger partial charge in [0.25, 0.3) is 0 Å². The van der Waals surface area contributed by atoms with Gasteiger partial charge in [0.2, 0.25) is 10.1 Å². The lowest BCUT2D eigenvalue weighted by molar-refractivity contribution is 0.292. The van der Waals surface area contributed by atoms with Crippen LogP contribution in [-0.4, -0.2) is 32.9 Å². The molecular weight excluding hydrogens is 279 g/mol. The van der Waals surface area contributed by atoms with Crippen molar-refractivity contribution in [2.24, 2.45) is 0 Å². The molecule has 2 N–H and O–H groups in total. The minimum Gasteiger partial charge on any atom is -0.396 e. The zero-order chi connectivity index (χ0) is 13.9. The van der Waals surface area contributed by atoms with E-state index in [0.29, 0.717) is 13.0 Å². The monoisotopic (exact) mass is 292 g/mol. The maximum Gasteiger partial charge on any atom is 0.214 e. The van der Waals surface area contributed by atoms with E-state index in [9.17, 15) is 4.39 Å². The van der Waals surface area contributed by atoms with Crippen molar-refractivity contribution in [3.05, 3.63) is 36.3 Å². The van der Waals surface area contributed by atoms with Gasteiger partial charge in [-0.15, -0.1) is 5.10 Å². The number of halogens is 1. The first kappa shape index (κ1) is 13.0. The molecule has 0 spiro atoms. The fourth-order valence-corrected chi connectivity index (χ4v) is 2.61. The van der Waals surface area contributed by atoms with E-state index in [-0.39, 0.29) is 12.4 Å². The van der Waals surface area contributed by atoms with E-state index in [4.69, 9.17) is 5.11 Å². The van der Waals surface area contributed by atoms with Crippen molar-refractivity contribution in [2.75, 3.05) is 18.5 Å². The van der Waals surface area contributed by atoms with Gasteiger partial charge in [0.05, 0.1) is 11.9 Å². The van der Waals surface area contributed by atoms with Crippen molar-refractivity contribution < 1.29 is 9.50 Å². The Morgan fingerprint density at radius 2 is 2.10 bits per heavy atom. The van der Waals surface area contributed by atoms with Gasteiger partial charge in [-0.05, 0) is 30.7 Å². The molecule has 1 aromatic carbocycles. The van der Waals surface area contributed by atoms with Gasteiger partial charge in [0, 0.05) is 18.7 Å². The Balaban J connectivity index is 1.81. The molecular formula is C13H13FN4OS. The highest BCUT2D eigenvalue weighted by Crippen LogP contribution is 2.24.